The van der Waals surface area contributed by atoms with Gasteiger partial charge in [-0.25, -0.2) is 4.68 Å². The number of amides is 1. The van der Waals surface area contributed by atoms with Gasteiger partial charge in [0.05, 0.1) is 6.20 Å². The zero-order valence-electron chi connectivity index (χ0n) is 18.0. The van der Waals surface area contributed by atoms with Crippen molar-refractivity contribution < 1.29 is 9.53 Å². The molecule has 7 heteroatoms. The fraction of sp³-hybridized carbons (Fsp3) is 0.292. The summed E-state index contributed by atoms with van der Waals surface area (Å²) in [6.07, 6.45) is 3.59. The van der Waals surface area contributed by atoms with Gasteiger partial charge >= 0.3 is 0 Å². The van der Waals surface area contributed by atoms with Gasteiger partial charge in [0.2, 0.25) is 0 Å². The van der Waals surface area contributed by atoms with Crippen LogP contribution in [0.25, 0.3) is 0 Å². The van der Waals surface area contributed by atoms with Gasteiger partial charge < -0.3 is 15.0 Å². The van der Waals surface area contributed by atoms with Crippen molar-refractivity contribution in [2.75, 3.05) is 18.4 Å². The monoisotopic (exact) mass is 418 g/mol. The molecule has 160 valence electrons. The number of carbonyl (C=O) groups excluding carboxylic acids is 1. The lowest BCUT2D eigenvalue weighted by atomic mass is 10.1. The second-order valence-corrected chi connectivity index (χ2v) is 7.89. The Morgan fingerprint density at radius 2 is 1.84 bits per heavy atom. The number of hydrogen-bond donors (Lipinski definition) is 1. The third-order valence-electron chi connectivity index (χ3n) is 5.42. The minimum Gasteiger partial charge on any atom is -0.453 e. The zero-order chi connectivity index (χ0) is 22.0. The maximum absolute atomic E-state index is 12.8. The normalized spacial score (nSPS) is 13.3. The SMILES string of the molecule is Cc1ccc(Oc2cnn(C)c(=O)c2Nc2cccc(C(=O)N3CCCC3)c2)c(C)c1. The first kappa shape index (κ1) is 20.7. The van der Waals surface area contributed by atoms with Gasteiger partial charge in [-0.3, -0.25) is 9.59 Å². The molecule has 1 aliphatic heterocycles. The number of nitrogens with one attached hydrogen (secondary N) is 1. The lowest BCUT2D eigenvalue weighted by Gasteiger charge is -2.17. The molecule has 1 N–H and O–H groups in total. The minimum absolute atomic E-state index is 0.00975. The fourth-order valence-electron chi connectivity index (χ4n) is 3.73. The second kappa shape index (κ2) is 8.63. The first-order valence-corrected chi connectivity index (χ1v) is 10.4. The molecule has 0 atom stereocenters. The summed E-state index contributed by atoms with van der Waals surface area (Å²) in [5.41, 5.74) is 3.27. The van der Waals surface area contributed by atoms with Crippen LogP contribution in [0.5, 0.6) is 11.5 Å². The first-order valence-electron chi connectivity index (χ1n) is 10.4. The van der Waals surface area contributed by atoms with Crippen molar-refractivity contribution in [2.24, 2.45) is 7.05 Å². The Kier molecular flexibility index (Phi) is 5.75. The van der Waals surface area contributed by atoms with E-state index in [1.54, 1.807) is 19.2 Å². The molecule has 0 unspecified atom stereocenters. The summed E-state index contributed by atoms with van der Waals surface area (Å²) in [7, 11) is 1.59. The van der Waals surface area contributed by atoms with Crippen molar-refractivity contribution in [1.82, 2.24) is 14.7 Å². The smallest absolute Gasteiger partial charge is 0.294 e. The van der Waals surface area contributed by atoms with Crippen LogP contribution in [0.4, 0.5) is 11.4 Å². The number of rotatable bonds is 5. The lowest BCUT2D eigenvalue weighted by Crippen LogP contribution is -2.27. The summed E-state index contributed by atoms with van der Waals surface area (Å²) in [6, 6.07) is 13.0. The molecule has 2 heterocycles. The van der Waals surface area contributed by atoms with Gasteiger partial charge in [-0.15, -0.1) is 0 Å². The third kappa shape index (κ3) is 4.45. The topological polar surface area (TPSA) is 76.5 Å². The summed E-state index contributed by atoms with van der Waals surface area (Å²) < 4.78 is 7.30. The molecule has 0 bridgehead atoms. The summed E-state index contributed by atoms with van der Waals surface area (Å²) in [5, 5.41) is 7.25. The maximum Gasteiger partial charge on any atom is 0.294 e. The van der Waals surface area contributed by atoms with Crippen LogP contribution >= 0.6 is 0 Å². The van der Waals surface area contributed by atoms with E-state index in [-0.39, 0.29) is 17.2 Å². The van der Waals surface area contributed by atoms with Gasteiger partial charge in [0, 0.05) is 31.4 Å². The number of aromatic nitrogens is 2. The van der Waals surface area contributed by atoms with Crippen LogP contribution in [-0.4, -0.2) is 33.7 Å². The molecule has 1 fully saturated rings. The molecule has 0 radical (unpaired) electrons. The van der Waals surface area contributed by atoms with Crippen molar-refractivity contribution in [1.29, 1.82) is 0 Å². The number of nitrogens with zero attached hydrogens (tertiary/aromatic N) is 3. The van der Waals surface area contributed by atoms with Gasteiger partial charge in [0.15, 0.2) is 11.4 Å². The number of anilines is 2. The molecule has 1 aliphatic rings. The molecule has 3 aromatic rings. The molecule has 31 heavy (non-hydrogen) atoms. The molecule has 2 aromatic carbocycles. The van der Waals surface area contributed by atoms with Crippen LogP contribution in [0.3, 0.4) is 0 Å². The average Bonchev–Trinajstić information content (AvgIpc) is 3.29. The second-order valence-electron chi connectivity index (χ2n) is 7.89. The van der Waals surface area contributed by atoms with Crippen LogP contribution in [0.15, 0.2) is 53.5 Å². The van der Waals surface area contributed by atoms with Crippen LogP contribution < -0.4 is 15.6 Å². The van der Waals surface area contributed by atoms with Gasteiger partial charge in [0.25, 0.3) is 11.5 Å². The molecule has 0 spiro atoms. The quantitative estimate of drug-likeness (QED) is 0.673. The van der Waals surface area contributed by atoms with E-state index in [9.17, 15) is 9.59 Å². The average molecular weight is 418 g/mol. The van der Waals surface area contributed by atoms with Gasteiger partial charge in [0.1, 0.15) is 5.75 Å². The number of carbonyl (C=O) groups is 1. The van der Waals surface area contributed by atoms with Crippen molar-refractivity contribution in [3.05, 3.63) is 75.7 Å². The molecular formula is C24H26N4O3. The van der Waals surface area contributed by atoms with Crippen molar-refractivity contribution >= 4 is 17.3 Å². The third-order valence-corrected chi connectivity index (χ3v) is 5.42. The number of hydrogen-bond acceptors (Lipinski definition) is 5. The highest BCUT2D eigenvalue weighted by Crippen LogP contribution is 2.31. The molecular weight excluding hydrogens is 392 g/mol. The Bertz CT molecular complexity index is 1180. The predicted molar refractivity (Wildman–Crippen MR) is 120 cm³/mol. The highest BCUT2D eigenvalue weighted by molar-refractivity contribution is 5.95. The summed E-state index contributed by atoms with van der Waals surface area (Å²) in [5.74, 6) is 0.989. The highest BCUT2D eigenvalue weighted by Gasteiger charge is 2.20. The van der Waals surface area contributed by atoms with Gasteiger partial charge in [-0.1, -0.05) is 23.8 Å². The number of aryl methyl sites for hydroxylation is 3. The van der Waals surface area contributed by atoms with Crippen molar-refractivity contribution in [3.63, 3.8) is 0 Å². The van der Waals surface area contributed by atoms with Crippen molar-refractivity contribution in [3.8, 4) is 11.5 Å². The fourth-order valence-corrected chi connectivity index (χ4v) is 3.73. The first-order chi connectivity index (χ1) is 14.9. The lowest BCUT2D eigenvalue weighted by molar-refractivity contribution is 0.0793. The van der Waals surface area contributed by atoms with Crippen LogP contribution in [0, 0.1) is 13.8 Å². The van der Waals surface area contributed by atoms with E-state index in [4.69, 9.17) is 4.74 Å². The van der Waals surface area contributed by atoms with Crippen LogP contribution in [-0.2, 0) is 7.05 Å². The molecule has 1 saturated heterocycles. The summed E-state index contributed by atoms with van der Waals surface area (Å²) in [4.78, 5) is 27.4. The van der Waals surface area contributed by atoms with E-state index < -0.39 is 0 Å². The number of ether oxygens (including phenoxy) is 1. The number of likely N-dealkylation sites (tertiary alicyclic amines) is 1. The van der Waals surface area contributed by atoms with E-state index in [1.165, 1.54) is 10.9 Å². The maximum atomic E-state index is 12.8. The molecule has 1 aromatic heterocycles. The minimum atomic E-state index is -0.321. The molecule has 4 rings (SSSR count). The van der Waals surface area contributed by atoms with Gasteiger partial charge in [-0.2, -0.15) is 5.10 Å². The standard InChI is InChI=1S/C24H26N4O3/c1-16-9-10-20(17(2)13-16)31-21-15-25-27(3)24(30)22(21)26-19-8-6-7-18(14-19)23(29)28-11-4-5-12-28/h6-10,13-15,26H,4-5,11-12H2,1-3H3. The highest BCUT2D eigenvalue weighted by atomic mass is 16.5. The molecule has 7 nitrogen and oxygen atoms in total. The van der Waals surface area contributed by atoms with E-state index >= 15 is 0 Å². The number of benzene rings is 2. The van der Waals surface area contributed by atoms with E-state index in [0.29, 0.717) is 22.7 Å². The summed E-state index contributed by atoms with van der Waals surface area (Å²) >= 11 is 0. The Hall–Kier alpha value is -3.61. The molecule has 1 amide bonds. The molecule has 0 saturated carbocycles. The van der Waals surface area contributed by atoms with Crippen LogP contribution in [0.2, 0.25) is 0 Å². The Morgan fingerprint density at radius 1 is 1.06 bits per heavy atom. The zero-order valence-corrected chi connectivity index (χ0v) is 18.0. The molecule has 0 aliphatic carbocycles. The van der Waals surface area contributed by atoms with E-state index in [1.807, 2.05) is 49.1 Å². The Labute approximate surface area is 181 Å². The predicted octanol–water partition coefficient (Wildman–Crippen LogP) is 4.17. The van der Waals surface area contributed by atoms with Gasteiger partial charge in [-0.05, 0) is 56.5 Å². The van der Waals surface area contributed by atoms with E-state index in [2.05, 4.69) is 10.4 Å². The van der Waals surface area contributed by atoms with E-state index in [0.717, 1.165) is 37.1 Å². The summed E-state index contributed by atoms with van der Waals surface area (Å²) in [6.45, 7) is 5.54. The Morgan fingerprint density at radius 3 is 2.58 bits per heavy atom. The largest absolute Gasteiger partial charge is 0.453 e. The van der Waals surface area contributed by atoms with Crippen molar-refractivity contribution in [2.45, 2.75) is 26.7 Å². The Balaban J connectivity index is 1.65. The van der Waals surface area contributed by atoms with Crippen LogP contribution in [0.1, 0.15) is 34.3 Å².